The van der Waals surface area contributed by atoms with E-state index in [9.17, 15) is 4.79 Å². The standard InChI is InChI=1S/C14H12Cl2N4O/c15-8-3-9(16)5-11(4-8)19-13-6-12(17-7-18-13)14(21)20-10-1-2-10/h3-7,10H,1-2H2,(H,20,21)(H,17,18,19). The van der Waals surface area contributed by atoms with Crippen LogP contribution in [0.15, 0.2) is 30.6 Å². The summed E-state index contributed by atoms with van der Waals surface area (Å²) in [5, 5.41) is 6.97. The number of hydrogen-bond donors (Lipinski definition) is 2. The lowest BCUT2D eigenvalue weighted by atomic mass is 10.3. The monoisotopic (exact) mass is 322 g/mol. The average molecular weight is 323 g/mol. The fourth-order valence-corrected chi connectivity index (χ4v) is 2.34. The van der Waals surface area contributed by atoms with Crippen LogP contribution < -0.4 is 10.6 Å². The second kappa shape index (κ2) is 5.87. The van der Waals surface area contributed by atoms with Gasteiger partial charge in [-0.2, -0.15) is 0 Å². The van der Waals surface area contributed by atoms with Crippen LogP contribution in [0.1, 0.15) is 23.3 Å². The van der Waals surface area contributed by atoms with Crippen LogP contribution >= 0.6 is 23.2 Å². The van der Waals surface area contributed by atoms with Crippen molar-refractivity contribution in [1.82, 2.24) is 15.3 Å². The molecule has 0 atom stereocenters. The Morgan fingerprint density at radius 2 is 1.81 bits per heavy atom. The summed E-state index contributed by atoms with van der Waals surface area (Å²) >= 11 is 11.9. The molecule has 2 aromatic rings. The minimum absolute atomic E-state index is 0.188. The van der Waals surface area contributed by atoms with Gasteiger partial charge in [0.1, 0.15) is 17.8 Å². The zero-order valence-corrected chi connectivity index (χ0v) is 12.4. The van der Waals surface area contributed by atoms with Crippen molar-refractivity contribution in [2.24, 2.45) is 0 Å². The number of hydrogen-bond acceptors (Lipinski definition) is 4. The molecule has 108 valence electrons. The highest BCUT2D eigenvalue weighted by atomic mass is 35.5. The first-order valence-electron chi connectivity index (χ1n) is 6.46. The SMILES string of the molecule is O=C(NC1CC1)c1cc(Nc2cc(Cl)cc(Cl)c2)ncn1. The van der Waals surface area contributed by atoms with E-state index in [0.29, 0.717) is 27.2 Å². The fourth-order valence-electron chi connectivity index (χ4n) is 1.81. The van der Waals surface area contributed by atoms with Crippen LogP contribution in [-0.2, 0) is 0 Å². The molecule has 5 nitrogen and oxygen atoms in total. The van der Waals surface area contributed by atoms with Crippen molar-refractivity contribution in [2.75, 3.05) is 5.32 Å². The van der Waals surface area contributed by atoms with Gasteiger partial charge in [-0.1, -0.05) is 23.2 Å². The summed E-state index contributed by atoms with van der Waals surface area (Å²) in [5.41, 5.74) is 1.02. The summed E-state index contributed by atoms with van der Waals surface area (Å²) in [5.74, 6) is 0.316. The molecular weight excluding hydrogens is 311 g/mol. The molecule has 1 fully saturated rings. The first kappa shape index (κ1) is 14.1. The van der Waals surface area contributed by atoms with Gasteiger partial charge in [0, 0.05) is 27.8 Å². The highest BCUT2D eigenvalue weighted by molar-refractivity contribution is 6.35. The summed E-state index contributed by atoms with van der Waals surface area (Å²) in [6.45, 7) is 0. The Bertz CT molecular complexity index is 668. The number of carbonyl (C=O) groups excluding carboxylic acids is 1. The first-order valence-corrected chi connectivity index (χ1v) is 7.22. The summed E-state index contributed by atoms with van der Waals surface area (Å²) in [6, 6.07) is 6.96. The van der Waals surface area contributed by atoms with Gasteiger partial charge in [0.2, 0.25) is 0 Å². The van der Waals surface area contributed by atoms with Crippen LogP contribution in [0.25, 0.3) is 0 Å². The molecule has 0 saturated heterocycles. The summed E-state index contributed by atoms with van der Waals surface area (Å²) in [6.07, 6.45) is 3.40. The Balaban J connectivity index is 1.77. The Kier molecular flexibility index (Phi) is 3.94. The molecule has 1 amide bonds. The van der Waals surface area contributed by atoms with E-state index in [2.05, 4.69) is 20.6 Å². The average Bonchev–Trinajstić information content (AvgIpc) is 3.21. The van der Waals surface area contributed by atoms with Crippen molar-refractivity contribution < 1.29 is 4.79 Å². The van der Waals surface area contributed by atoms with Gasteiger partial charge in [-0.15, -0.1) is 0 Å². The maximum absolute atomic E-state index is 11.9. The lowest BCUT2D eigenvalue weighted by Crippen LogP contribution is -2.26. The number of amides is 1. The van der Waals surface area contributed by atoms with Crippen molar-refractivity contribution in [3.63, 3.8) is 0 Å². The van der Waals surface area contributed by atoms with E-state index in [4.69, 9.17) is 23.2 Å². The van der Waals surface area contributed by atoms with Gasteiger partial charge >= 0.3 is 0 Å². The summed E-state index contributed by atoms with van der Waals surface area (Å²) < 4.78 is 0. The molecule has 0 radical (unpaired) electrons. The van der Waals surface area contributed by atoms with Crippen LogP contribution in [0.4, 0.5) is 11.5 Å². The Morgan fingerprint density at radius 1 is 1.10 bits per heavy atom. The normalized spacial score (nSPS) is 13.8. The second-order valence-electron chi connectivity index (χ2n) is 4.82. The van der Waals surface area contributed by atoms with Crippen LogP contribution in [0, 0.1) is 0 Å². The third-order valence-electron chi connectivity index (χ3n) is 2.95. The molecule has 1 aromatic heterocycles. The van der Waals surface area contributed by atoms with E-state index < -0.39 is 0 Å². The third kappa shape index (κ3) is 3.83. The lowest BCUT2D eigenvalue weighted by molar-refractivity contribution is 0.0946. The molecule has 0 spiro atoms. The smallest absolute Gasteiger partial charge is 0.270 e. The third-order valence-corrected chi connectivity index (χ3v) is 3.38. The molecule has 0 aliphatic heterocycles. The Hall–Kier alpha value is -1.85. The quantitative estimate of drug-likeness (QED) is 0.905. The Labute approximate surface area is 131 Å². The van der Waals surface area contributed by atoms with E-state index in [0.717, 1.165) is 12.8 Å². The minimum Gasteiger partial charge on any atom is -0.348 e. The van der Waals surface area contributed by atoms with Crippen LogP contribution in [0.3, 0.4) is 0 Å². The molecule has 3 rings (SSSR count). The molecular formula is C14H12Cl2N4O. The van der Waals surface area contributed by atoms with Gasteiger partial charge in [0.25, 0.3) is 5.91 Å². The summed E-state index contributed by atoms with van der Waals surface area (Å²) in [7, 11) is 0. The molecule has 0 bridgehead atoms. The van der Waals surface area contributed by atoms with Crippen LogP contribution in [-0.4, -0.2) is 21.9 Å². The number of nitrogens with one attached hydrogen (secondary N) is 2. The zero-order chi connectivity index (χ0) is 14.8. The predicted octanol–water partition coefficient (Wildman–Crippen LogP) is 3.42. The van der Waals surface area contributed by atoms with E-state index in [1.165, 1.54) is 6.33 Å². The topological polar surface area (TPSA) is 66.9 Å². The molecule has 1 heterocycles. The van der Waals surface area contributed by atoms with Crippen molar-refractivity contribution >= 4 is 40.6 Å². The largest absolute Gasteiger partial charge is 0.348 e. The van der Waals surface area contributed by atoms with Crippen LogP contribution in [0.2, 0.25) is 10.0 Å². The number of rotatable bonds is 4. The number of nitrogens with zero attached hydrogens (tertiary/aromatic N) is 2. The number of anilines is 2. The van der Waals surface area contributed by atoms with E-state index >= 15 is 0 Å². The van der Waals surface area contributed by atoms with E-state index in [1.807, 2.05) is 0 Å². The first-order chi connectivity index (χ1) is 10.1. The van der Waals surface area contributed by atoms with Gasteiger partial charge in [-0.05, 0) is 31.0 Å². The maximum Gasteiger partial charge on any atom is 0.270 e. The summed E-state index contributed by atoms with van der Waals surface area (Å²) in [4.78, 5) is 20.0. The maximum atomic E-state index is 11.9. The number of aromatic nitrogens is 2. The fraction of sp³-hybridized carbons (Fsp3) is 0.214. The zero-order valence-electron chi connectivity index (χ0n) is 10.9. The van der Waals surface area contributed by atoms with Crippen molar-refractivity contribution in [3.8, 4) is 0 Å². The predicted molar refractivity (Wildman–Crippen MR) is 82.3 cm³/mol. The van der Waals surface area contributed by atoms with E-state index in [1.54, 1.807) is 24.3 Å². The molecule has 7 heteroatoms. The lowest BCUT2D eigenvalue weighted by Gasteiger charge is -2.08. The highest BCUT2D eigenvalue weighted by Crippen LogP contribution is 2.25. The van der Waals surface area contributed by atoms with Gasteiger partial charge < -0.3 is 10.6 Å². The van der Waals surface area contributed by atoms with Gasteiger partial charge in [0.05, 0.1) is 0 Å². The van der Waals surface area contributed by atoms with E-state index in [-0.39, 0.29) is 11.9 Å². The minimum atomic E-state index is -0.188. The molecule has 1 aromatic carbocycles. The number of benzene rings is 1. The molecule has 21 heavy (non-hydrogen) atoms. The van der Waals surface area contributed by atoms with Gasteiger partial charge in [-0.3, -0.25) is 4.79 Å². The molecule has 1 aliphatic rings. The van der Waals surface area contributed by atoms with Crippen LogP contribution in [0.5, 0.6) is 0 Å². The number of carbonyl (C=O) groups is 1. The molecule has 0 unspecified atom stereocenters. The van der Waals surface area contributed by atoms with Crippen molar-refractivity contribution in [1.29, 1.82) is 0 Å². The van der Waals surface area contributed by atoms with Crippen molar-refractivity contribution in [3.05, 3.63) is 46.3 Å². The number of halogens is 2. The van der Waals surface area contributed by atoms with Gasteiger partial charge in [-0.25, -0.2) is 9.97 Å². The molecule has 1 aliphatic carbocycles. The Morgan fingerprint density at radius 3 is 2.48 bits per heavy atom. The molecule has 2 N–H and O–H groups in total. The van der Waals surface area contributed by atoms with Crippen molar-refractivity contribution in [2.45, 2.75) is 18.9 Å². The van der Waals surface area contributed by atoms with Gasteiger partial charge in [0.15, 0.2) is 0 Å². The highest BCUT2D eigenvalue weighted by Gasteiger charge is 2.24. The second-order valence-corrected chi connectivity index (χ2v) is 5.69. The molecule has 1 saturated carbocycles.